The van der Waals surface area contributed by atoms with E-state index in [4.69, 9.17) is 0 Å². The number of nitrogens with zero attached hydrogens (tertiary/aromatic N) is 3. The second-order valence-corrected chi connectivity index (χ2v) is 5.09. The highest BCUT2D eigenvalue weighted by atomic mass is 19.1. The Balaban J connectivity index is 1.91. The smallest absolute Gasteiger partial charge is 0.266 e. The van der Waals surface area contributed by atoms with Crippen molar-refractivity contribution in [3.8, 4) is 5.69 Å². The summed E-state index contributed by atoms with van der Waals surface area (Å²) in [6.45, 7) is 0. The quantitative estimate of drug-likeness (QED) is 0.684. The summed E-state index contributed by atoms with van der Waals surface area (Å²) in [4.78, 5) is 30.1. The van der Waals surface area contributed by atoms with Gasteiger partial charge in [0.15, 0.2) is 0 Å². The third kappa shape index (κ3) is 1.96. The molecule has 4 rings (SSSR count). The fraction of sp³-hybridized carbons (Fsp3) is 0. The van der Waals surface area contributed by atoms with Gasteiger partial charge in [-0.25, -0.2) is 14.3 Å². The maximum absolute atomic E-state index is 13.8. The lowest BCUT2D eigenvalue weighted by Crippen LogP contribution is -2.30. The lowest BCUT2D eigenvalue weighted by atomic mass is 10.1. The van der Waals surface area contributed by atoms with Gasteiger partial charge in [0.25, 0.3) is 11.8 Å². The molecule has 0 saturated carbocycles. The van der Waals surface area contributed by atoms with Gasteiger partial charge in [-0.1, -0.05) is 12.1 Å². The number of anilines is 1. The number of hydrogen-bond donors (Lipinski definition) is 0. The van der Waals surface area contributed by atoms with Crippen LogP contribution in [0.4, 0.5) is 10.1 Å². The maximum atomic E-state index is 13.8. The van der Waals surface area contributed by atoms with E-state index in [1.165, 1.54) is 24.5 Å². The van der Waals surface area contributed by atoms with Crippen LogP contribution in [-0.2, 0) is 0 Å². The standard InChI is InChI=1S/C17H10FN3O2/c18-11-5-6-14(20-8-7-19-10-20)15(9-11)21-16(22)12-3-1-2-4-13(12)17(21)23/h1-10H. The van der Waals surface area contributed by atoms with Crippen LogP contribution in [0.5, 0.6) is 0 Å². The Kier molecular flexibility index (Phi) is 2.84. The van der Waals surface area contributed by atoms with Crippen molar-refractivity contribution < 1.29 is 14.0 Å². The molecule has 0 unspecified atom stereocenters. The molecular formula is C17H10FN3O2. The molecule has 112 valence electrons. The fourth-order valence-electron chi connectivity index (χ4n) is 2.70. The molecule has 23 heavy (non-hydrogen) atoms. The molecule has 5 nitrogen and oxygen atoms in total. The molecule has 0 aliphatic carbocycles. The van der Waals surface area contributed by atoms with Crippen LogP contribution in [-0.4, -0.2) is 21.4 Å². The summed E-state index contributed by atoms with van der Waals surface area (Å²) in [6.07, 6.45) is 4.75. The van der Waals surface area contributed by atoms with Gasteiger partial charge in [0.05, 0.1) is 28.8 Å². The molecule has 0 fully saturated rings. The Morgan fingerprint density at radius 1 is 0.913 bits per heavy atom. The van der Waals surface area contributed by atoms with Crippen molar-refractivity contribution in [3.63, 3.8) is 0 Å². The molecule has 0 atom stereocenters. The van der Waals surface area contributed by atoms with Gasteiger partial charge in [-0.3, -0.25) is 9.59 Å². The number of hydrogen-bond acceptors (Lipinski definition) is 3. The highest BCUT2D eigenvalue weighted by Gasteiger charge is 2.37. The number of imidazole rings is 1. The number of carbonyl (C=O) groups is 2. The highest BCUT2D eigenvalue weighted by Crippen LogP contribution is 2.33. The predicted octanol–water partition coefficient (Wildman–Crippen LogP) is 2.81. The summed E-state index contributed by atoms with van der Waals surface area (Å²) < 4.78 is 15.4. The summed E-state index contributed by atoms with van der Waals surface area (Å²) in [5.74, 6) is -1.45. The molecule has 0 N–H and O–H groups in total. The largest absolute Gasteiger partial charge is 0.304 e. The second kappa shape index (κ2) is 4.88. The average Bonchev–Trinajstić information content (AvgIpc) is 3.16. The summed E-state index contributed by atoms with van der Waals surface area (Å²) in [6, 6.07) is 10.5. The summed E-state index contributed by atoms with van der Waals surface area (Å²) in [7, 11) is 0. The first-order chi connectivity index (χ1) is 11.2. The van der Waals surface area contributed by atoms with E-state index in [9.17, 15) is 14.0 Å². The number of amides is 2. The van der Waals surface area contributed by atoms with E-state index in [-0.39, 0.29) is 5.69 Å². The van der Waals surface area contributed by atoms with Gasteiger partial charge in [0, 0.05) is 18.5 Å². The zero-order valence-electron chi connectivity index (χ0n) is 11.8. The highest BCUT2D eigenvalue weighted by molar-refractivity contribution is 6.34. The molecular weight excluding hydrogens is 297 g/mol. The molecule has 1 aliphatic heterocycles. The van der Waals surface area contributed by atoms with E-state index in [1.807, 2.05) is 0 Å². The SMILES string of the molecule is O=C1c2ccccc2C(=O)N1c1cc(F)ccc1-n1ccnc1. The zero-order valence-corrected chi connectivity index (χ0v) is 11.8. The summed E-state index contributed by atoms with van der Waals surface area (Å²) in [5, 5.41) is 0. The number of halogens is 1. The monoisotopic (exact) mass is 307 g/mol. The van der Waals surface area contributed by atoms with E-state index < -0.39 is 17.6 Å². The summed E-state index contributed by atoms with van der Waals surface area (Å²) in [5.41, 5.74) is 1.32. The lowest BCUT2D eigenvalue weighted by molar-refractivity contribution is 0.0926. The Bertz CT molecular complexity index is 900. The zero-order chi connectivity index (χ0) is 16.0. The van der Waals surface area contributed by atoms with E-state index in [0.29, 0.717) is 16.8 Å². The minimum absolute atomic E-state index is 0.189. The van der Waals surface area contributed by atoms with E-state index in [0.717, 1.165) is 4.90 Å². The number of rotatable bonds is 2. The van der Waals surface area contributed by atoms with Crippen molar-refractivity contribution in [3.05, 3.63) is 78.1 Å². The van der Waals surface area contributed by atoms with Gasteiger partial charge >= 0.3 is 0 Å². The average molecular weight is 307 g/mol. The second-order valence-electron chi connectivity index (χ2n) is 5.09. The molecule has 0 saturated heterocycles. The number of imide groups is 1. The number of aromatic nitrogens is 2. The number of carbonyl (C=O) groups excluding carboxylic acids is 2. The lowest BCUT2D eigenvalue weighted by Gasteiger charge is -2.18. The van der Waals surface area contributed by atoms with Crippen LogP contribution < -0.4 is 4.90 Å². The Hall–Kier alpha value is -3.28. The Morgan fingerprint density at radius 3 is 2.22 bits per heavy atom. The van der Waals surface area contributed by atoms with Gasteiger partial charge in [-0.2, -0.15) is 0 Å². The molecule has 1 aromatic heterocycles. The normalized spacial score (nSPS) is 13.5. The third-order valence-electron chi connectivity index (χ3n) is 3.75. The van der Waals surface area contributed by atoms with Crippen molar-refractivity contribution in [1.29, 1.82) is 0 Å². The van der Waals surface area contributed by atoms with Gasteiger partial charge in [0.1, 0.15) is 5.82 Å². The van der Waals surface area contributed by atoms with Crippen LogP contribution >= 0.6 is 0 Å². The van der Waals surface area contributed by atoms with Crippen molar-refractivity contribution >= 4 is 17.5 Å². The predicted molar refractivity (Wildman–Crippen MR) is 81.1 cm³/mol. The first kappa shape index (κ1) is 13.4. The maximum Gasteiger partial charge on any atom is 0.266 e. The van der Waals surface area contributed by atoms with Crippen LogP contribution in [0.3, 0.4) is 0 Å². The van der Waals surface area contributed by atoms with Gasteiger partial charge in [0.2, 0.25) is 0 Å². The number of benzene rings is 2. The van der Waals surface area contributed by atoms with Crippen LogP contribution in [0, 0.1) is 5.82 Å². The van der Waals surface area contributed by atoms with Crippen molar-refractivity contribution in [1.82, 2.24) is 9.55 Å². The van der Waals surface area contributed by atoms with Gasteiger partial charge in [-0.15, -0.1) is 0 Å². The molecule has 2 amide bonds. The van der Waals surface area contributed by atoms with E-state index in [2.05, 4.69) is 4.98 Å². The topological polar surface area (TPSA) is 55.2 Å². The van der Waals surface area contributed by atoms with Gasteiger partial charge < -0.3 is 4.57 Å². The molecule has 3 aromatic rings. The number of fused-ring (bicyclic) bond motifs is 1. The minimum atomic E-state index is -0.527. The molecule has 2 heterocycles. The summed E-state index contributed by atoms with van der Waals surface area (Å²) >= 11 is 0. The van der Waals surface area contributed by atoms with Crippen molar-refractivity contribution in [2.24, 2.45) is 0 Å². The molecule has 6 heteroatoms. The van der Waals surface area contributed by atoms with E-state index in [1.54, 1.807) is 41.2 Å². The van der Waals surface area contributed by atoms with Crippen LogP contribution in [0.15, 0.2) is 61.2 Å². The Labute approximate surface area is 130 Å². The molecule has 0 spiro atoms. The first-order valence-corrected chi connectivity index (χ1v) is 6.92. The van der Waals surface area contributed by atoms with Crippen molar-refractivity contribution in [2.75, 3.05) is 4.90 Å². The Morgan fingerprint density at radius 2 is 1.61 bits per heavy atom. The van der Waals surface area contributed by atoms with E-state index >= 15 is 0 Å². The van der Waals surface area contributed by atoms with Gasteiger partial charge in [-0.05, 0) is 24.3 Å². The first-order valence-electron chi connectivity index (χ1n) is 6.92. The van der Waals surface area contributed by atoms with Crippen LogP contribution in [0.25, 0.3) is 5.69 Å². The van der Waals surface area contributed by atoms with Crippen LogP contribution in [0.1, 0.15) is 20.7 Å². The van der Waals surface area contributed by atoms with Crippen molar-refractivity contribution in [2.45, 2.75) is 0 Å². The molecule has 0 radical (unpaired) electrons. The molecule has 0 bridgehead atoms. The minimum Gasteiger partial charge on any atom is -0.304 e. The third-order valence-corrected chi connectivity index (χ3v) is 3.75. The molecule has 1 aliphatic rings. The van der Waals surface area contributed by atoms with Crippen LogP contribution in [0.2, 0.25) is 0 Å². The molecule has 2 aromatic carbocycles. The fourth-order valence-corrected chi connectivity index (χ4v) is 2.70.